The summed E-state index contributed by atoms with van der Waals surface area (Å²) in [5, 5.41) is 18.4. The summed E-state index contributed by atoms with van der Waals surface area (Å²) in [6.45, 7) is 0.538. The van der Waals surface area contributed by atoms with Crippen molar-refractivity contribution in [2.24, 2.45) is 0 Å². The highest BCUT2D eigenvalue weighted by Crippen LogP contribution is 2.42. The highest BCUT2D eigenvalue weighted by atomic mass is 28.2. The summed E-state index contributed by atoms with van der Waals surface area (Å²) in [7, 11) is -0.198. The molecule has 0 saturated heterocycles. The van der Waals surface area contributed by atoms with Gasteiger partial charge in [-0.05, 0) is 59.1 Å². The van der Waals surface area contributed by atoms with Gasteiger partial charge in [-0.3, -0.25) is 0 Å². The second kappa shape index (κ2) is 9.71. The summed E-state index contributed by atoms with van der Waals surface area (Å²) in [4.78, 5) is 0. The molecule has 2 N–H and O–H groups in total. The molecule has 2 aliphatic carbocycles. The van der Waals surface area contributed by atoms with Gasteiger partial charge in [0.25, 0.3) is 0 Å². The lowest BCUT2D eigenvalue weighted by atomic mass is 10.00. The third kappa shape index (κ3) is 4.47. The molecule has 0 aromatic heterocycles. The van der Waals surface area contributed by atoms with Crippen molar-refractivity contribution in [2.75, 3.05) is 13.2 Å². The van der Waals surface area contributed by atoms with Gasteiger partial charge in [-0.15, -0.1) is 0 Å². The number of aliphatic hydroxyl groups excluding tert-OH is 2. The number of hydrogen-bond donors (Lipinski definition) is 2. The quantitative estimate of drug-likeness (QED) is 0.553. The molecule has 2 aromatic rings. The van der Waals surface area contributed by atoms with Crippen LogP contribution in [0.15, 0.2) is 60.7 Å². The van der Waals surface area contributed by atoms with Crippen LogP contribution in [0.1, 0.15) is 59.8 Å². The van der Waals surface area contributed by atoms with Crippen LogP contribution in [0.25, 0.3) is 11.1 Å². The lowest BCUT2D eigenvalue weighted by Gasteiger charge is -2.13. The Labute approximate surface area is 176 Å². The summed E-state index contributed by atoms with van der Waals surface area (Å²) in [5.41, 5.74) is 8.70. The minimum Gasteiger partial charge on any atom is -0.396 e. The van der Waals surface area contributed by atoms with Gasteiger partial charge in [0.1, 0.15) is 0 Å². The lowest BCUT2D eigenvalue weighted by molar-refractivity contribution is 0.290. The second-order valence-corrected chi connectivity index (χ2v) is 10.2. The summed E-state index contributed by atoms with van der Waals surface area (Å²) in [6.07, 6.45) is 8.64. The van der Waals surface area contributed by atoms with E-state index in [-0.39, 0.29) is 22.7 Å². The smallest absolute Gasteiger partial charge is 0.0434 e. The molecule has 0 amide bonds. The Morgan fingerprint density at radius 1 is 0.655 bits per heavy atom. The van der Waals surface area contributed by atoms with Gasteiger partial charge in [0, 0.05) is 34.6 Å². The fourth-order valence-electron chi connectivity index (χ4n) is 5.08. The van der Waals surface area contributed by atoms with Crippen molar-refractivity contribution in [3.63, 3.8) is 0 Å². The van der Waals surface area contributed by atoms with Crippen molar-refractivity contribution in [1.82, 2.24) is 0 Å². The molecule has 4 rings (SSSR count). The first kappa shape index (κ1) is 20.3. The molecule has 0 heterocycles. The zero-order valence-corrected chi connectivity index (χ0v) is 18.6. The van der Waals surface area contributed by atoms with Gasteiger partial charge in [0.05, 0.1) is 0 Å². The van der Waals surface area contributed by atoms with E-state index in [1.54, 1.807) is 0 Å². The van der Waals surface area contributed by atoms with E-state index in [0.717, 1.165) is 25.7 Å². The van der Waals surface area contributed by atoms with Gasteiger partial charge >= 0.3 is 0 Å². The van der Waals surface area contributed by atoms with E-state index in [9.17, 15) is 10.2 Å². The van der Waals surface area contributed by atoms with E-state index < -0.39 is 0 Å². The molecule has 2 unspecified atom stereocenters. The Balaban J connectivity index is 1.41. The van der Waals surface area contributed by atoms with Gasteiger partial charge < -0.3 is 10.2 Å². The van der Waals surface area contributed by atoms with Gasteiger partial charge in [-0.1, -0.05) is 72.8 Å². The van der Waals surface area contributed by atoms with E-state index in [4.69, 9.17) is 0 Å². The first-order chi connectivity index (χ1) is 14.3. The molecular weight excluding hydrogens is 372 g/mol. The van der Waals surface area contributed by atoms with Gasteiger partial charge in [0.15, 0.2) is 0 Å². The summed E-state index contributed by atoms with van der Waals surface area (Å²) >= 11 is 0. The Kier molecular flexibility index (Phi) is 6.81. The number of hydrogen-bond acceptors (Lipinski definition) is 2. The summed E-state index contributed by atoms with van der Waals surface area (Å²) < 4.78 is 0. The third-order valence-electron chi connectivity index (χ3n) is 6.46. The molecule has 0 saturated carbocycles. The van der Waals surface area contributed by atoms with Crippen LogP contribution in [0.2, 0.25) is 12.1 Å². The SMILES string of the molecule is OCCCC1=CC(C[SiH2]CC2C=C(CCCO)c3ccccc32)c2ccccc21. The zero-order valence-electron chi connectivity index (χ0n) is 17.2. The highest BCUT2D eigenvalue weighted by Gasteiger charge is 2.25. The number of allylic oxidation sites excluding steroid dienone is 4. The first-order valence-corrected chi connectivity index (χ1v) is 13.1. The van der Waals surface area contributed by atoms with Crippen LogP contribution < -0.4 is 0 Å². The monoisotopic (exact) mass is 404 g/mol. The van der Waals surface area contributed by atoms with Crippen LogP contribution in [0.5, 0.6) is 0 Å². The Hall–Kier alpha value is -1.94. The average molecular weight is 405 g/mol. The molecule has 2 aliphatic rings. The van der Waals surface area contributed by atoms with Crippen LogP contribution in [0.4, 0.5) is 0 Å². The van der Waals surface area contributed by atoms with Crippen molar-refractivity contribution < 1.29 is 10.2 Å². The number of rotatable bonds is 10. The molecule has 29 heavy (non-hydrogen) atoms. The standard InChI is InChI=1S/C26H32O2Si/c27-13-5-7-19-15-21(25-11-3-1-9-23(19)25)17-29-18-22-16-20(8-6-14-28)24-10-2-4-12-26(22)24/h1-4,9-12,15-16,21-22,27-28H,5-8,13-14,17-18,29H2. The van der Waals surface area contributed by atoms with Gasteiger partial charge in [-0.2, -0.15) is 0 Å². The molecule has 152 valence electrons. The van der Waals surface area contributed by atoms with E-state index in [0.29, 0.717) is 11.8 Å². The number of aliphatic hydroxyl groups is 2. The second-order valence-electron chi connectivity index (χ2n) is 8.36. The maximum Gasteiger partial charge on any atom is 0.0434 e. The molecule has 2 nitrogen and oxygen atoms in total. The summed E-state index contributed by atoms with van der Waals surface area (Å²) in [5.74, 6) is 1.14. The molecule has 0 fully saturated rings. The van der Waals surface area contributed by atoms with Crippen molar-refractivity contribution >= 4 is 20.7 Å². The van der Waals surface area contributed by atoms with Crippen molar-refractivity contribution in [3.8, 4) is 0 Å². The lowest BCUT2D eigenvalue weighted by Crippen LogP contribution is -2.03. The molecule has 3 heteroatoms. The van der Waals surface area contributed by atoms with Crippen molar-refractivity contribution in [3.05, 3.63) is 82.9 Å². The van der Waals surface area contributed by atoms with Crippen LogP contribution in [-0.4, -0.2) is 32.9 Å². The Morgan fingerprint density at radius 3 is 1.55 bits per heavy atom. The molecule has 2 aromatic carbocycles. The van der Waals surface area contributed by atoms with E-state index in [2.05, 4.69) is 60.7 Å². The molecule has 0 aliphatic heterocycles. The first-order valence-electron chi connectivity index (χ1n) is 11.1. The number of benzene rings is 2. The van der Waals surface area contributed by atoms with Crippen LogP contribution in [0.3, 0.4) is 0 Å². The molecule has 0 spiro atoms. The van der Waals surface area contributed by atoms with Crippen LogP contribution in [0, 0.1) is 0 Å². The Morgan fingerprint density at radius 2 is 1.10 bits per heavy atom. The van der Waals surface area contributed by atoms with E-state index >= 15 is 0 Å². The zero-order chi connectivity index (χ0) is 20.1. The predicted molar refractivity (Wildman–Crippen MR) is 125 cm³/mol. The van der Waals surface area contributed by atoms with E-state index in [1.165, 1.54) is 45.5 Å². The Bertz CT molecular complexity index is 826. The molecule has 2 atom stereocenters. The highest BCUT2D eigenvalue weighted by molar-refractivity contribution is 6.36. The minimum absolute atomic E-state index is 0.198. The van der Waals surface area contributed by atoms with Crippen LogP contribution in [-0.2, 0) is 0 Å². The normalized spacial score (nSPS) is 20.1. The van der Waals surface area contributed by atoms with Gasteiger partial charge in [0.2, 0.25) is 0 Å². The topological polar surface area (TPSA) is 40.5 Å². The fourth-order valence-corrected chi connectivity index (χ4v) is 7.15. The maximum atomic E-state index is 9.22. The molecule has 0 bridgehead atoms. The van der Waals surface area contributed by atoms with Crippen molar-refractivity contribution in [2.45, 2.75) is 49.6 Å². The van der Waals surface area contributed by atoms with E-state index in [1.807, 2.05) is 0 Å². The largest absolute Gasteiger partial charge is 0.396 e. The van der Waals surface area contributed by atoms with Crippen LogP contribution >= 0.6 is 0 Å². The van der Waals surface area contributed by atoms with Gasteiger partial charge in [-0.25, -0.2) is 0 Å². The predicted octanol–water partition coefficient (Wildman–Crippen LogP) is 4.90. The average Bonchev–Trinajstić information content (AvgIpc) is 3.29. The maximum absolute atomic E-state index is 9.22. The minimum atomic E-state index is -0.198. The fraction of sp³-hybridized carbons (Fsp3) is 0.385. The number of fused-ring (bicyclic) bond motifs is 2. The third-order valence-corrected chi connectivity index (χ3v) is 8.52. The molecular formula is C26H32O2Si. The molecule has 0 radical (unpaired) electrons. The van der Waals surface area contributed by atoms with Crippen molar-refractivity contribution in [1.29, 1.82) is 0 Å². The summed E-state index contributed by atoms with van der Waals surface area (Å²) in [6, 6.07) is 20.4.